The van der Waals surface area contributed by atoms with Gasteiger partial charge in [0, 0.05) is 12.0 Å². The molecule has 0 spiro atoms. The third-order valence-corrected chi connectivity index (χ3v) is 2.29. The number of hydrogen-bond donors (Lipinski definition) is 1. The van der Waals surface area contributed by atoms with Crippen LogP contribution >= 0.6 is 11.6 Å². The molecule has 0 amide bonds. The Hall–Kier alpha value is -1.04. The summed E-state index contributed by atoms with van der Waals surface area (Å²) in [5, 5.41) is 0.360. The monoisotopic (exact) mass is 225 g/mol. The van der Waals surface area contributed by atoms with Gasteiger partial charge in [0.15, 0.2) is 0 Å². The lowest BCUT2D eigenvalue weighted by Crippen LogP contribution is -1.96. The van der Waals surface area contributed by atoms with E-state index in [4.69, 9.17) is 17.3 Å². The van der Waals surface area contributed by atoms with Gasteiger partial charge in [0.2, 0.25) is 0 Å². The maximum absolute atomic E-state index is 13.1. The number of rotatable bonds is 2. The molecule has 0 aromatic heterocycles. The van der Waals surface area contributed by atoms with Gasteiger partial charge in [0.05, 0.1) is 5.02 Å². The molecule has 0 atom stereocenters. The van der Waals surface area contributed by atoms with Crippen LogP contribution in [0.1, 0.15) is 24.0 Å². The van der Waals surface area contributed by atoms with Crippen LogP contribution in [-0.4, -0.2) is 6.54 Å². The van der Waals surface area contributed by atoms with E-state index in [1.54, 1.807) is 13.0 Å². The van der Waals surface area contributed by atoms with Gasteiger partial charge in [0.1, 0.15) is 5.82 Å². The molecule has 0 heterocycles. The standard InChI is InChI=1S/C12H13ClFN/c1-9-7-10(5-3-2-4-6-15)11(13)8-12(9)14/h7-8H,2,4,6,15H2,1H3. The molecule has 0 unspecified atom stereocenters. The van der Waals surface area contributed by atoms with Crippen LogP contribution in [0.15, 0.2) is 12.1 Å². The molecule has 0 fully saturated rings. The van der Waals surface area contributed by atoms with Gasteiger partial charge in [-0.3, -0.25) is 0 Å². The largest absolute Gasteiger partial charge is 0.330 e. The lowest BCUT2D eigenvalue weighted by atomic mass is 10.1. The first kappa shape index (κ1) is 12.0. The van der Waals surface area contributed by atoms with Crippen LogP contribution < -0.4 is 5.73 Å². The average molecular weight is 226 g/mol. The highest BCUT2D eigenvalue weighted by Gasteiger charge is 2.02. The summed E-state index contributed by atoms with van der Waals surface area (Å²) >= 11 is 5.85. The van der Waals surface area contributed by atoms with Crippen molar-refractivity contribution in [2.75, 3.05) is 6.54 Å². The lowest BCUT2D eigenvalue weighted by Gasteiger charge is -1.99. The second kappa shape index (κ2) is 5.75. The van der Waals surface area contributed by atoms with Crippen molar-refractivity contribution in [2.24, 2.45) is 5.73 Å². The third-order valence-electron chi connectivity index (χ3n) is 1.98. The number of benzene rings is 1. The van der Waals surface area contributed by atoms with Crippen molar-refractivity contribution in [3.63, 3.8) is 0 Å². The normalized spacial score (nSPS) is 9.60. The molecular weight excluding hydrogens is 213 g/mol. The summed E-state index contributed by atoms with van der Waals surface area (Å²) < 4.78 is 13.1. The molecule has 0 aliphatic carbocycles. The second-order valence-electron chi connectivity index (χ2n) is 3.28. The van der Waals surface area contributed by atoms with Crippen LogP contribution in [0, 0.1) is 24.6 Å². The molecule has 0 aliphatic rings. The van der Waals surface area contributed by atoms with Gasteiger partial charge in [-0.2, -0.15) is 0 Å². The highest BCUT2D eigenvalue weighted by molar-refractivity contribution is 6.31. The van der Waals surface area contributed by atoms with Gasteiger partial charge < -0.3 is 5.73 Å². The van der Waals surface area contributed by atoms with E-state index >= 15 is 0 Å². The highest BCUT2D eigenvalue weighted by atomic mass is 35.5. The van der Waals surface area contributed by atoms with Crippen LogP contribution in [0.2, 0.25) is 5.02 Å². The highest BCUT2D eigenvalue weighted by Crippen LogP contribution is 2.19. The Balaban J connectivity index is 2.84. The van der Waals surface area contributed by atoms with Gasteiger partial charge in [-0.05, 0) is 37.6 Å². The first-order chi connectivity index (χ1) is 7.15. The zero-order chi connectivity index (χ0) is 11.3. The molecule has 0 bridgehead atoms. The van der Waals surface area contributed by atoms with Gasteiger partial charge >= 0.3 is 0 Å². The minimum Gasteiger partial charge on any atom is -0.330 e. The number of aryl methyl sites for hydroxylation is 1. The fraction of sp³-hybridized carbons (Fsp3) is 0.333. The van der Waals surface area contributed by atoms with Crippen molar-refractivity contribution >= 4 is 11.6 Å². The summed E-state index contributed by atoms with van der Waals surface area (Å²) in [5.74, 6) is 5.57. The summed E-state index contributed by atoms with van der Waals surface area (Å²) in [4.78, 5) is 0. The molecule has 0 aliphatic heterocycles. The Morgan fingerprint density at radius 3 is 2.87 bits per heavy atom. The maximum Gasteiger partial charge on any atom is 0.127 e. The average Bonchev–Trinajstić information content (AvgIpc) is 2.20. The van der Waals surface area contributed by atoms with E-state index in [9.17, 15) is 4.39 Å². The van der Waals surface area contributed by atoms with Crippen molar-refractivity contribution in [1.29, 1.82) is 0 Å². The Morgan fingerprint density at radius 1 is 1.47 bits per heavy atom. The third kappa shape index (κ3) is 3.54. The van der Waals surface area contributed by atoms with Gasteiger partial charge in [-0.15, -0.1) is 0 Å². The van der Waals surface area contributed by atoms with Crippen molar-refractivity contribution < 1.29 is 4.39 Å². The van der Waals surface area contributed by atoms with E-state index in [0.717, 1.165) is 12.8 Å². The molecule has 1 aromatic carbocycles. The van der Waals surface area contributed by atoms with Crippen LogP contribution in [0.3, 0.4) is 0 Å². The van der Waals surface area contributed by atoms with Crippen molar-refractivity contribution in [3.05, 3.63) is 34.1 Å². The predicted molar refractivity (Wildman–Crippen MR) is 61.3 cm³/mol. The smallest absolute Gasteiger partial charge is 0.127 e. The molecule has 1 aromatic rings. The molecule has 80 valence electrons. The Morgan fingerprint density at radius 2 is 2.20 bits per heavy atom. The Kier molecular flexibility index (Phi) is 4.61. The van der Waals surface area contributed by atoms with Gasteiger partial charge in [-0.25, -0.2) is 4.39 Å². The minimum absolute atomic E-state index is 0.299. The topological polar surface area (TPSA) is 26.0 Å². The fourth-order valence-corrected chi connectivity index (χ4v) is 1.30. The van der Waals surface area contributed by atoms with E-state index < -0.39 is 0 Å². The number of hydrogen-bond acceptors (Lipinski definition) is 1. The first-order valence-corrected chi connectivity index (χ1v) is 5.17. The van der Waals surface area contributed by atoms with E-state index in [0.29, 0.717) is 22.7 Å². The summed E-state index contributed by atoms with van der Waals surface area (Å²) in [6.45, 7) is 2.32. The molecule has 0 saturated carbocycles. The van der Waals surface area contributed by atoms with Gasteiger partial charge in [-0.1, -0.05) is 23.4 Å². The van der Waals surface area contributed by atoms with Gasteiger partial charge in [0.25, 0.3) is 0 Å². The van der Waals surface area contributed by atoms with E-state index in [1.165, 1.54) is 6.07 Å². The summed E-state index contributed by atoms with van der Waals surface area (Å²) in [6, 6.07) is 2.96. The zero-order valence-corrected chi connectivity index (χ0v) is 9.37. The fourth-order valence-electron chi connectivity index (χ4n) is 1.10. The maximum atomic E-state index is 13.1. The van der Waals surface area contributed by atoms with Crippen molar-refractivity contribution in [2.45, 2.75) is 19.8 Å². The molecule has 0 saturated heterocycles. The quantitative estimate of drug-likeness (QED) is 0.608. The molecule has 3 heteroatoms. The molecule has 2 N–H and O–H groups in total. The summed E-state index contributed by atoms with van der Waals surface area (Å²) in [5.41, 5.74) is 6.57. The van der Waals surface area contributed by atoms with Crippen molar-refractivity contribution in [3.8, 4) is 11.8 Å². The first-order valence-electron chi connectivity index (χ1n) is 4.79. The molecule has 0 radical (unpaired) electrons. The summed E-state index contributed by atoms with van der Waals surface area (Å²) in [7, 11) is 0. The van der Waals surface area contributed by atoms with Crippen LogP contribution in [0.4, 0.5) is 4.39 Å². The Bertz CT molecular complexity index is 404. The SMILES string of the molecule is Cc1cc(C#CCCCN)c(Cl)cc1F. The predicted octanol–water partition coefficient (Wildman–Crippen LogP) is 2.88. The molecule has 15 heavy (non-hydrogen) atoms. The summed E-state index contributed by atoms with van der Waals surface area (Å²) in [6.07, 6.45) is 1.61. The van der Waals surface area contributed by atoms with Crippen LogP contribution in [0.25, 0.3) is 0 Å². The number of halogens is 2. The Labute approximate surface area is 94.4 Å². The van der Waals surface area contributed by atoms with Crippen LogP contribution in [-0.2, 0) is 0 Å². The van der Waals surface area contributed by atoms with E-state index in [-0.39, 0.29) is 5.82 Å². The number of nitrogens with two attached hydrogens (primary N) is 1. The van der Waals surface area contributed by atoms with E-state index in [1.807, 2.05) is 0 Å². The van der Waals surface area contributed by atoms with Crippen LogP contribution in [0.5, 0.6) is 0 Å². The lowest BCUT2D eigenvalue weighted by molar-refractivity contribution is 0.618. The zero-order valence-electron chi connectivity index (χ0n) is 8.61. The van der Waals surface area contributed by atoms with E-state index in [2.05, 4.69) is 11.8 Å². The second-order valence-corrected chi connectivity index (χ2v) is 3.68. The minimum atomic E-state index is -0.299. The van der Waals surface area contributed by atoms with Crippen molar-refractivity contribution in [1.82, 2.24) is 0 Å². The molecular formula is C12H13ClFN. The molecule has 1 rings (SSSR count). The number of unbranched alkanes of at least 4 members (excludes halogenated alkanes) is 1. The molecule has 1 nitrogen and oxygen atoms in total.